The van der Waals surface area contributed by atoms with E-state index in [9.17, 15) is 34.2 Å². The highest BCUT2D eigenvalue weighted by Gasteiger charge is 2.29. The van der Waals surface area contributed by atoms with Gasteiger partial charge in [-0.25, -0.2) is 24.0 Å². The molecule has 5 rings (SSSR count). The molecule has 0 radical (unpaired) electrons. The predicted molar refractivity (Wildman–Crippen MR) is 231 cm³/mol. The number of aromatic hydroxyl groups is 2. The summed E-state index contributed by atoms with van der Waals surface area (Å²) >= 11 is 0. The zero-order valence-electron chi connectivity index (χ0n) is 34.9. The minimum atomic E-state index is -0.967. The Balaban J connectivity index is 1.09. The van der Waals surface area contributed by atoms with Crippen LogP contribution in [0.4, 0.5) is 0 Å². The Bertz CT molecular complexity index is 2400. The van der Waals surface area contributed by atoms with E-state index < -0.39 is 53.1 Å². The van der Waals surface area contributed by atoms with Gasteiger partial charge in [-0.05, 0) is 135 Å². The molecule has 0 aliphatic rings. The lowest BCUT2D eigenvalue weighted by Gasteiger charge is -2.10. The summed E-state index contributed by atoms with van der Waals surface area (Å²) in [6.07, 6.45) is 9.00. The van der Waals surface area contributed by atoms with Gasteiger partial charge in [0.15, 0.2) is 0 Å². The maximum absolute atomic E-state index is 13.3. The van der Waals surface area contributed by atoms with E-state index in [1.54, 1.807) is 48.5 Å². The van der Waals surface area contributed by atoms with E-state index in [2.05, 4.69) is 13.2 Å². The number of carbonyl (C=O) groups is 5. The van der Waals surface area contributed by atoms with Crippen LogP contribution in [0.2, 0.25) is 0 Å². The van der Waals surface area contributed by atoms with Gasteiger partial charge < -0.3 is 43.4 Å². The molecule has 0 unspecified atom stereocenters. The van der Waals surface area contributed by atoms with Gasteiger partial charge in [-0.15, -0.1) is 0 Å². The lowest BCUT2D eigenvalue weighted by molar-refractivity contribution is -0.138. The molecule has 1 aromatic heterocycles. The topological polar surface area (TPSA) is 195 Å². The minimum absolute atomic E-state index is 0.00548. The maximum atomic E-state index is 13.3. The van der Waals surface area contributed by atoms with Crippen molar-refractivity contribution in [2.24, 2.45) is 7.05 Å². The van der Waals surface area contributed by atoms with Crippen molar-refractivity contribution in [2.45, 2.75) is 51.4 Å². The summed E-state index contributed by atoms with van der Waals surface area (Å²) < 4.78 is 38.8. The monoisotopic (exact) mass is 863 g/mol. The predicted octanol–water partition coefficient (Wildman–Crippen LogP) is 8.58. The first-order valence-electron chi connectivity index (χ1n) is 20.3. The molecule has 15 nitrogen and oxygen atoms in total. The molecule has 4 aromatic carbocycles. The summed E-state index contributed by atoms with van der Waals surface area (Å²) in [5.74, 6) is -4.48. The second-order valence-corrected chi connectivity index (χ2v) is 14.1. The number of aromatic nitrogens is 1. The van der Waals surface area contributed by atoms with Gasteiger partial charge in [-0.3, -0.25) is 4.57 Å². The van der Waals surface area contributed by atoms with E-state index in [0.717, 1.165) is 73.5 Å². The zero-order chi connectivity index (χ0) is 45.1. The number of rotatable bonds is 24. The molecular weight excluding hydrogens is 815 g/mol. The number of nitrogens with zero attached hydrogens (tertiary/aromatic N) is 1. The van der Waals surface area contributed by atoms with Gasteiger partial charge in [0.05, 0.1) is 43.1 Å². The van der Waals surface area contributed by atoms with Crippen LogP contribution >= 0.6 is 0 Å². The van der Waals surface area contributed by atoms with Crippen LogP contribution in [0.3, 0.4) is 0 Å². The molecule has 0 aliphatic heterocycles. The standard InChI is InChI=1S/C48H49NO14/c1-4-40(50)59-28-12-8-6-10-26-57-37-21-16-32(17-22-37)46(54)61-38-23-18-33(19-24-38)47(55)62-42-43(45(53)49(3)44(42)52)63-48(56)36-15-14-35-31-39(25-20-34(35)30-36)58-27-11-7-9-13-29-60-41(51)5-2/h4-5,14-25,30-31,52-53H,1-2,6-13,26-29H2,3H3. The first kappa shape index (κ1) is 46.5. The van der Waals surface area contributed by atoms with Crippen LogP contribution in [0.25, 0.3) is 10.8 Å². The number of hydrogen-bond donors (Lipinski definition) is 2. The number of esters is 5. The van der Waals surface area contributed by atoms with Crippen molar-refractivity contribution in [1.82, 2.24) is 4.57 Å². The van der Waals surface area contributed by atoms with Crippen LogP contribution in [-0.4, -0.2) is 71.1 Å². The molecule has 5 aromatic rings. The van der Waals surface area contributed by atoms with E-state index in [4.69, 9.17) is 33.2 Å². The highest BCUT2D eigenvalue weighted by molar-refractivity contribution is 5.98. The average Bonchev–Trinajstić information content (AvgIpc) is 3.49. The van der Waals surface area contributed by atoms with Crippen molar-refractivity contribution >= 4 is 40.6 Å². The van der Waals surface area contributed by atoms with Crippen molar-refractivity contribution in [3.8, 4) is 40.5 Å². The Hall–Kier alpha value is -7.55. The summed E-state index contributed by atoms with van der Waals surface area (Å²) in [5, 5.41) is 22.9. The quantitative estimate of drug-likeness (QED) is 0.0259. The molecule has 0 atom stereocenters. The van der Waals surface area contributed by atoms with Gasteiger partial charge in [-0.2, -0.15) is 0 Å². The Morgan fingerprint density at radius 1 is 0.492 bits per heavy atom. The molecule has 0 amide bonds. The lowest BCUT2D eigenvalue weighted by Crippen LogP contribution is -2.12. The Kier molecular flexibility index (Phi) is 17.3. The number of hydrogen-bond acceptors (Lipinski definition) is 14. The molecule has 2 N–H and O–H groups in total. The lowest BCUT2D eigenvalue weighted by atomic mass is 10.1. The van der Waals surface area contributed by atoms with Crippen LogP contribution in [-0.2, 0) is 26.1 Å². The van der Waals surface area contributed by atoms with Crippen molar-refractivity contribution in [1.29, 1.82) is 0 Å². The summed E-state index contributed by atoms with van der Waals surface area (Å²) in [5.41, 5.74) is 0.385. The second-order valence-electron chi connectivity index (χ2n) is 14.1. The molecule has 63 heavy (non-hydrogen) atoms. The van der Waals surface area contributed by atoms with E-state index >= 15 is 0 Å². The Labute approximate surface area is 364 Å². The molecule has 0 fully saturated rings. The van der Waals surface area contributed by atoms with Gasteiger partial charge in [0.2, 0.25) is 23.3 Å². The number of benzene rings is 4. The second kappa shape index (κ2) is 23.4. The van der Waals surface area contributed by atoms with Crippen LogP contribution in [0.5, 0.6) is 40.5 Å². The fraction of sp³-hybridized carbons (Fsp3) is 0.271. The zero-order valence-corrected chi connectivity index (χ0v) is 34.9. The molecule has 0 saturated heterocycles. The van der Waals surface area contributed by atoms with Crippen LogP contribution in [0.15, 0.2) is 110 Å². The van der Waals surface area contributed by atoms with Crippen molar-refractivity contribution in [3.63, 3.8) is 0 Å². The molecule has 0 bridgehead atoms. The van der Waals surface area contributed by atoms with E-state index in [0.29, 0.717) is 43.3 Å². The number of fused-ring (bicyclic) bond motifs is 1. The molecule has 0 spiro atoms. The average molecular weight is 864 g/mol. The normalized spacial score (nSPS) is 10.7. The minimum Gasteiger partial charge on any atom is -0.494 e. The van der Waals surface area contributed by atoms with E-state index in [-0.39, 0.29) is 22.4 Å². The number of carbonyl (C=O) groups excluding carboxylic acids is 5. The molecule has 15 heteroatoms. The van der Waals surface area contributed by atoms with E-state index in [1.165, 1.54) is 37.4 Å². The fourth-order valence-corrected chi connectivity index (χ4v) is 6.01. The highest BCUT2D eigenvalue weighted by atomic mass is 16.6. The Morgan fingerprint density at radius 2 is 0.889 bits per heavy atom. The third-order valence-electron chi connectivity index (χ3n) is 9.51. The summed E-state index contributed by atoms with van der Waals surface area (Å²) in [7, 11) is 1.28. The van der Waals surface area contributed by atoms with Gasteiger partial charge in [0, 0.05) is 19.2 Å². The first-order valence-corrected chi connectivity index (χ1v) is 20.3. The van der Waals surface area contributed by atoms with Crippen LogP contribution < -0.4 is 23.7 Å². The highest BCUT2D eigenvalue weighted by Crippen LogP contribution is 2.47. The number of ether oxygens (including phenoxy) is 7. The van der Waals surface area contributed by atoms with Gasteiger partial charge in [0.1, 0.15) is 17.2 Å². The van der Waals surface area contributed by atoms with Crippen LogP contribution in [0.1, 0.15) is 82.4 Å². The largest absolute Gasteiger partial charge is 0.494 e. The summed E-state index contributed by atoms with van der Waals surface area (Å²) in [4.78, 5) is 61.4. The number of unbranched alkanes of at least 4 members (excludes halogenated alkanes) is 6. The van der Waals surface area contributed by atoms with Crippen LogP contribution in [0, 0.1) is 0 Å². The molecule has 1 heterocycles. The third kappa shape index (κ3) is 13.7. The smallest absolute Gasteiger partial charge is 0.343 e. The first-order chi connectivity index (χ1) is 30.5. The fourth-order valence-electron chi connectivity index (χ4n) is 6.01. The molecule has 0 aliphatic carbocycles. The van der Waals surface area contributed by atoms with Gasteiger partial charge in [0.25, 0.3) is 0 Å². The molecular formula is C48H49NO14. The summed E-state index contributed by atoms with van der Waals surface area (Å²) in [6, 6.07) is 22.1. The molecule has 330 valence electrons. The third-order valence-corrected chi connectivity index (χ3v) is 9.51. The maximum Gasteiger partial charge on any atom is 0.343 e. The van der Waals surface area contributed by atoms with Crippen molar-refractivity contribution < 1.29 is 67.3 Å². The SMILES string of the molecule is C=CC(=O)OCCCCCCOc1ccc(C(=O)Oc2ccc(C(=O)Oc3c(OC(=O)c4ccc5cc(OCCCCCCOC(=O)C=C)ccc5c4)c(O)n(C)c3O)cc2)cc1. The van der Waals surface area contributed by atoms with Gasteiger partial charge in [-0.1, -0.05) is 25.3 Å². The van der Waals surface area contributed by atoms with Gasteiger partial charge >= 0.3 is 29.8 Å². The van der Waals surface area contributed by atoms with E-state index in [1.807, 2.05) is 6.07 Å². The van der Waals surface area contributed by atoms with Crippen molar-refractivity contribution in [2.75, 3.05) is 26.4 Å². The summed E-state index contributed by atoms with van der Waals surface area (Å²) in [6.45, 7) is 8.42. The van der Waals surface area contributed by atoms with Crippen molar-refractivity contribution in [3.05, 3.63) is 127 Å². The molecule has 0 saturated carbocycles. The Morgan fingerprint density at radius 3 is 1.41 bits per heavy atom.